The molecule has 0 aliphatic rings. The van der Waals surface area contributed by atoms with E-state index in [1.807, 2.05) is 30.3 Å². The van der Waals surface area contributed by atoms with E-state index in [-0.39, 0.29) is 0 Å². The maximum Gasteiger partial charge on any atom is 0.137 e. The number of carbonyl (C=O) groups is 1. The van der Waals surface area contributed by atoms with Crippen LogP contribution < -0.4 is 0 Å². The number of Topliss-reactive ketones (excluding diaryl/α,β-unsaturated/α-hetero) is 1. The number of para-hydroxylation sites is 1. The maximum absolute atomic E-state index is 12.1. The number of rotatable bonds is 8. The third-order valence-corrected chi connectivity index (χ3v) is 3.69. The predicted octanol–water partition coefficient (Wildman–Crippen LogP) is 4.71. The average Bonchev–Trinajstić information content (AvgIpc) is 2.47. The van der Waals surface area contributed by atoms with E-state index in [9.17, 15) is 4.79 Å². The first-order valence-electron chi connectivity index (χ1n) is 7.65. The largest absolute Gasteiger partial charge is 0.299 e. The molecule has 20 heavy (non-hydrogen) atoms. The summed E-state index contributed by atoms with van der Waals surface area (Å²) in [6.07, 6.45) is 9.03. The first-order chi connectivity index (χ1) is 9.81. The zero-order valence-electron chi connectivity index (χ0n) is 12.3. The average molecular weight is 269 g/mol. The van der Waals surface area contributed by atoms with Crippen LogP contribution in [0.5, 0.6) is 0 Å². The van der Waals surface area contributed by atoms with Crippen molar-refractivity contribution in [2.45, 2.75) is 51.9 Å². The molecule has 2 aromatic rings. The third-order valence-electron chi connectivity index (χ3n) is 3.69. The third kappa shape index (κ3) is 4.16. The minimum Gasteiger partial charge on any atom is -0.299 e. The molecule has 0 saturated carbocycles. The molecule has 0 aliphatic carbocycles. The van der Waals surface area contributed by atoms with Crippen LogP contribution in [0.25, 0.3) is 10.9 Å². The summed E-state index contributed by atoms with van der Waals surface area (Å²) in [6.45, 7) is 2.21. The Morgan fingerprint density at radius 2 is 1.85 bits per heavy atom. The van der Waals surface area contributed by atoms with E-state index in [1.165, 1.54) is 25.7 Å². The summed E-state index contributed by atoms with van der Waals surface area (Å²) in [5.74, 6) is 0.345. The Hall–Kier alpha value is -1.70. The predicted molar refractivity (Wildman–Crippen MR) is 83.8 cm³/mol. The summed E-state index contributed by atoms with van der Waals surface area (Å²) in [6, 6.07) is 10.00. The van der Waals surface area contributed by atoms with Crippen molar-refractivity contribution < 1.29 is 4.79 Å². The Morgan fingerprint density at radius 1 is 1.05 bits per heavy atom. The van der Waals surface area contributed by atoms with Crippen LogP contribution in [-0.4, -0.2) is 10.8 Å². The highest BCUT2D eigenvalue weighted by molar-refractivity contribution is 5.88. The molecule has 0 fully saturated rings. The van der Waals surface area contributed by atoms with Crippen molar-refractivity contribution >= 4 is 16.7 Å². The number of ketones is 1. The molecule has 2 nitrogen and oxygen atoms in total. The number of hydrogen-bond donors (Lipinski definition) is 0. The standard InChI is InChI=1S/C18H23NO/c1-2-3-4-5-6-9-16(20)14-15-12-13-19-18-11-8-7-10-17(15)18/h7-8,10-13H,2-6,9,14H2,1H3. The second-order valence-electron chi connectivity index (χ2n) is 5.37. The van der Waals surface area contributed by atoms with Gasteiger partial charge in [0, 0.05) is 24.4 Å². The Balaban J connectivity index is 1.90. The molecule has 0 N–H and O–H groups in total. The lowest BCUT2D eigenvalue weighted by molar-refractivity contribution is -0.118. The van der Waals surface area contributed by atoms with Crippen LogP contribution in [0.3, 0.4) is 0 Å². The number of nitrogens with zero attached hydrogens (tertiary/aromatic N) is 1. The molecule has 2 rings (SSSR count). The minimum atomic E-state index is 0.345. The van der Waals surface area contributed by atoms with E-state index in [0.29, 0.717) is 18.6 Å². The van der Waals surface area contributed by atoms with Crippen molar-refractivity contribution in [1.29, 1.82) is 0 Å². The molecule has 1 aromatic carbocycles. The number of fused-ring (bicyclic) bond motifs is 1. The molecule has 1 heterocycles. The molecule has 0 atom stereocenters. The monoisotopic (exact) mass is 269 g/mol. The van der Waals surface area contributed by atoms with Crippen LogP contribution in [0.4, 0.5) is 0 Å². The number of benzene rings is 1. The lowest BCUT2D eigenvalue weighted by Gasteiger charge is -2.05. The molecular weight excluding hydrogens is 246 g/mol. The topological polar surface area (TPSA) is 30.0 Å². The lowest BCUT2D eigenvalue weighted by atomic mass is 10.0. The van der Waals surface area contributed by atoms with Crippen molar-refractivity contribution in [3.63, 3.8) is 0 Å². The highest BCUT2D eigenvalue weighted by atomic mass is 16.1. The van der Waals surface area contributed by atoms with E-state index in [2.05, 4.69) is 11.9 Å². The van der Waals surface area contributed by atoms with Gasteiger partial charge in [-0.15, -0.1) is 0 Å². The minimum absolute atomic E-state index is 0.345. The number of aromatic nitrogens is 1. The van der Waals surface area contributed by atoms with Gasteiger partial charge in [0.2, 0.25) is 0 Å². The van der Waals surface area contributed by atoms with Crippen molar-refractivity contribution in [2.24, 2.45) is 0 Å². The number of pyridine rings is 1. The summed E-state index contributed by atoms with van der Waals surface area (Å²) in [7, 11) is 0. The molecule has 0 aliphatic heterocycles. The van der Waals surface area contributed by atoms with Crippen LogP contribution in [0, 0.1) is 0 Å². The van der Waals surface area contributed by atoms with Gasteiger partial charge >= 0.3 is 0 Å². The molecular formula is C18H23NO. The molecule has 1 aromatic heterocycles. The Labute approximate surface area is 121 Å². The van der Waals surface area contributed by atoms with E-state index in [0.717, 1.165) is 22.9 Å². The van der Waals surface area contributed by atoms with Gasteiger partial charge in [0.25, 0.3) is 0 Å². The van der Waals surface area contributed by atoms with Crippen LogP contribution in [0.1, 0.15) is 51.0 Å². The molecule has 106 valence electrons. The normalized spacial score (nSPS) is 10.8. The van der Waals surface area contributed by atoms with Gasteiger partial charge < -0.3 is 0 Å². The fourth-order valence-corrected chi connectivity index (χ4v) is 2.54. The molecule has 0 saturated heterocycles. The van der Waals surface area contributed by atoms with Gasteiger partial charge in [-0.05, 0) is 24.1 Å². The zero-order valence-corrected chi connectivity index (χ0v) is 12.3. The summed E-state index contributed by atoms with van der Waals surface area (Å²) in [5, 5.41) is 1.11. The second-order valence-corrected chi connectivity index (χ2v) is 5.37. The molecule has 0 radical (unpaired) electrons. The summed E-state index contributed by atoms with van der Waals surface area (Å²) in [4.78, 5) is 16.4. The molecule has 2 heteroatoms. The van der Waals surface area contributed by atoms with Crippen LogP contribution in [-0.2, 0) is 11.2 Å². The van der Waals surface area contributed by atoms with E-state index < -0.39 is 0 Å². The van der Waals surface area contributed by atoms with Crippen LogP contribution in [0.2, 0.25) is 0 Å². The van der Waals surface area contributed by atoms with Gasteiger partial charge in [0.1, 0.15) is 5.78 Å². The maximum atomic E-state index is 12.1. The molecule has 0 spiro atoms. The van der Waals surface area contributed by atoms with E-state index in [4.69, 9.17) is 0 Å². The summed E-state index contributed by atoms with van der Waals surface area (Å²) in [5.41, 5.74) is 2.08. The van der Waals surface area contributed by atoms with E-state index in [1.54, 1.807) is 6.20 Å². The first kappa shape index (κ1) is 14.7. The van der Waals surface area contributed by atoms with Gasteiger partial charge in [-0.2, -0.15) is 0 Å². The number of unbranched alkanes of at least 4 members (excludes halogenated alkanes) is 4. The summed E-state index contributed by atoms with van der Waals surface area (Å²) < 4.78 is 0. The fourth-order valence-electron chi connectivity index (χ4n) is 2.54. The van der Waals surface area contributed by atoms with Gasteiger partial charge in [-0.1, -0.05) is 50.8 Å². The van der Waals surface area contributed by atoms with Crippen molar-refractivity contribution in [2.75, 3.05) is 0 Å². The number of hydrogen-bond acceptors (Lipinski definition) is 2. The van der Waals surface area contributed by atoms with Gasteiger partial charge in [0.05, 0.1) is 5.52 Å². The Bertz CT molecular complexity index is 557. The van der Waals surface area contributed by atoms with Crippen molar-refractivity contribution in [1.82, 2.24) is 4.98 Å². The first-order valence-corrected chi connectivity index (χ1v) is 7.65. The van der Waals surface area contributed by atoms with Crippen molar-refractivity contribution in [3.05, 3.63) is 42.1 Å². The second kappa shape index (κ2) is 7.78. The van der Waals surface area contributed by atoms with Crippen LogP contribution >= 0.6 is 0 Å². The Morgan fingerprint density at radius 3 is 2.70 bits per heavy atom. The van der Waals surface area contributed by atoms with Gasteiger partial charge in [-0.25, -0.2) is 0 Å². The molecule has 0 bridgehead atoms. The van der Waals surface area contributed by atoms with Crippen molar-refractivity contribution in [3.8, 4) is 0 Å². The fraction of sp³-hybridized carbons (Fsp3) is 0.444. The number of carbonyl (C=O) groups excluding carboxylic acids is 1. The summed E-state index contributed by atoms with van der Waals surface area (Å²) >= 11 is 0. The molecule has 0 amide bonds. The van der Waals surface area contributed by atoms with Crippen LogP contribution in [0.15, 0.2) is 36.5 Å². The highest BCUT2D eigenvalue weighted by Crippen LogP contribution is 2.17. The highest BCUT2D eigenvalue weighted by Gasteiger charge is 2.07. The SMILES string of the molecule is CCCCCCCC(=O)Cc1ccnc2ccccc12. The van der Waals surface area contributed by atoms with E-state index >= 15 is 0 Å². The smallest absolute Gasteiger partial charge is 0.137 e. The van der Waals surface area contributed by atoms with Gasteiger partial charge in [0.15, 0.2) is 0 Å². The zero-order chi connectivity index (χ0) is 14.2. The quantitative estimate of drug-likeness (QED) is 0.650. The lowest BCUT2D eigenvalue weighted by Crippen LogP contribution is -2.03. The Kier molecular flexibility index (Phi) is 5.72. The van der Waals surface area contributed by atoms with Gasteiger partial charge in [-0.3, -0.25) is 9.78 Å². The molecule has 0 unspecified atom stereocenters.